The van der Waals surface area contributed by atoms with Crippen LogP contribution in [0.2, 0.25) is 0 Å². The number of aryl methyl sites for hydroxylation is 1. The molecule has 0 spiro atoms. The molecule has 1 aliphatic carbocycles. The van der Waals surface area contributed by atoms with Crippen LogP contribution in [0.3, 0.4) is 0 Å². The Hall–Kier alpha value is -2.79. The second kappa shape index (κ2) is 7.80. The van der Waals surface area contributed by atoms with E-state index in [0.717, 1.165) is 56.5 Å². The number of aromatic amines is 1. The molecular formula is C25H30N4O. The molecular weight excluding hydrogens is 372 g/mol. The molecule has 1 fully saturated rings. The maximum Gasteiger partial charge on any atom is 0.256 e. The lowest BCUT2D eigenvalue weighted by atomic mass is 9.90. The Morgan fingerprint density at radius 1 is 1.00 bits per heavy atom. The Balaban J connectivity index is 1.37. The fourth-order valence-corrected chi connectivity index (χ4v) is 5.02. The van der Waals surface area contributed by atoms with Gasteiger partial charge in [0.2, 0.25) is 0 Å². The second-order valence-corrected chi connectivity index (χ2v) is 8.79. The first-order valence-corrected chi connectivity index (χ1v) is 11.0. The summed E-state index contributed by atoms with van der Waals surface area (Å²) >= 11 is 0. The number of para-hydroxylation sites is 2. The van der Waals surface area contributed by atoms with Gasteiger partial charge in [-0.3, -0.25) is 4.79 Å². The van der Waals surface area contributed by atoms with E-state index in [4.69, 9.17) is 0 Å². The number of anilines is 1. The summed E-state index contributed by atoms with van der Waals surface area (Å²) in [4.78, 5) is 23.7. The van der Waals surface area contributed by atoms with E-state index in [2.05, 4.69) is 59.2 Å². The topological polar surface area (TPSA) is 42.6 Å². The highest BCUT2D eigenvalue weighted by Crippen LogP contribution is 2.32. The fourth-order valence-electron chi connectivity index (χ4n) is 5.02. The molecule has 5 nitrogen and oxygen atoms in total. The number of carbonyl (C=O) groups excluding carboxylic acids is 1. The zero-order chi connectivity index (χ0) is 20.7. The number of likely N-dealkylation sites (N-methyl/N-ethyl adjacent to an activating group) is 1. The van der Waals surface area contributed by atoms with Gasteiger partial charge in [-0.15, -0.1) is 0 Å². The monoisotopic (exact) mass is 402 g/mol. The van der Waals surface area contributed by atoms with E-state index in [-0.39, 0.29) is 5.91 Å². The first kappa shape index (κ1) is 19.2. The summed E-state index contributed by atoms with van der Waals surface area (Å²) in [5.41, 5.74) is 5.80. The van der Waals surface area contributed by atoms with Crippen LogP contribution in [0.15, 0.2) is 48.5 Å². The fraction of sp³-hybridized carbons (Fsp3) is 0.400. The van der Waals surface area contributed by atoms with E-state index in [9.17, 15) is 4.79 Å². The predicted octanol–water partition coefficient (Wildman–Crippen LogP) is 3.55. The lowest BCUT2D eigenvalue weighted by Gasteiger charge is -2.36. The Morgan fingerprint density at radius 3 is 2.50 bits per heavy atom. The number of amides is 1. The third-order valence-electron chi connectivity index (χ3n) is 6.85. The van der Waals surface area contributed by atoms with Crippen molar-refractivity contribution in [1.29, 1.82) is 0 Å². The van der Waals surface area contributed by atoms with E-state index in [0.29, 0.717) is 6.04 Å². The van der Waals surface area contributed by atoms with Gasteiger partial charge in [0.05, 0.1) is 11.1 Å². The molecule has 1 amide bonds. The number of H-pyrrole nitrogens is 1. The van der Waals surface area contributed by atoms with E-state index >= 15 is 0 Å². The molecule has 2 aliphatic rings. The number of fused-ring (bicyclic) bond motifs is 3. The first-order chi connectivity index (χ1) is 14.6. The molecule has 0 radical (unpaired) electrons. The maximum atomic E-state index is 13.4. The molecule has 0 bridgehead atoms. The van der Waals surface area contributed by atoms with Crippen LogP contribution in [0.25, 0.3) is 10.9 Å². The van der Waals surface area contributed by atoms with Crippen LogP contribution in [-0.2, 0) is 12.8 Å². The van der Waals surface area contributed by atoms with Crippen LogP contribution in [-0.4, -0.2) is 67.0 Å². The molecule has 5 heteroatoms. The summed E-state index contributed by atoms with van der Waals surface area (Å²) in [6.45, 7) is 3.26. The Kier molecular flexibility index (Phi) is 4.99. The van der Waals surface area contributed by atoms with Crippen molar-refractivity contribution in [2.24, 2.45) is 0 Å². The predicted molar refractivity (Wildman–Crippen MR) is 122 cm³/mol. The number of aromatic nitrogens is 1. The Labute approximate surface area is 178 Å². The Morgan fingerprint density at radius 2 is 1.77 bits per heavy atom. The summed E-state index contributed by atoms with van der Waals surface area (Å²) in [6, 6.07) is 17.2. The summed E-state index contributed by atoms with van der Waals surface area (Å²) in [6.07, 6.45) is 3.27. The Bertz CT molecular complexity index is 1050. The second-order valence-electron chi connectivity index (χ2n) is 8.79. The van der Waals surface area contributed by atoms with Crippen LogP contribution >= 0.6 is 0 Å². The minimum absolute atomic E-state index is 0.149. The van der Waals surface area contributed by atoms with Crippen LogP contribution in [0.1, 0.15) is 28.0 Å². The molecule has 1 atom stereocenters. The third kappa shape index (κ3) is 3.37. The van der Waals surface area contributed by atoms with Crippen molar-refractivity contribution in [3.05, 3.63) is 65.4 Å². The van der Waals surface area contributed by atoms with Crippen LogP contribution in [0.4, 0.5) is 5.69 Å². The molecule has 1 saturated heterocycles. The summed E-state index contributed by atoms with van der Waals surface area (Å²) < 4.78 is 0. The SMILES string of the molecule is CN(C)C1CCc2[nH]c3c(C(=O)N4CCN(c5ccccc5)CC4)cccc3c2C1. The average molecular weight is 403 g/mol. The number of hydrogen-bond acceptors (Lipinski definition) is 3. The van der Waals surface area contributed by atoms with Crippen molar-refractivity contribution >= 4 is 22.5 Å². The maximum absolute atomic E-state index is 13.4. The van der Waals surface area contributed by atoms with E-state index < -0.39 is 0 Å². The first-order valence-electron chi connectivity index (χ1n) is 11.0. The van der Waals surface area contributed by atoms with Crippen LogP contribution in [0.5, 0.6) is 0 Å². The van der Waals surface area contributed by atoms with Gasteiger partial charge >= 0.3 is 0 Å². The molecule has 1 N–H and O–H groups in total. The number of nitrogens with zero attached hydrogens (tertiary/aromatic N) is 3. The number of hydrogen-bond donors (Lipinski definition) is 1. The number of benzene rings is 2. The standard InChI is InChI=1S/C25H30N4O/c1-27(2)19-11-12-23-22(17-19)20-9-6-10-21(24(20)26-23)25(30)29-15-13-28(14-16-29)18-7-4-3-5-8-18/h3-10,19,26H,11-17H2,1-2H3. The quantitative estimate of drug-likeness (QED) is 0.729. The zero-order valence-electron chi connectivity index (χ0n) is 17.9. The largest absolute Gasteiger partial charge is 0.368 e. The van der Waals surface area contributed by atoms with Crippen molar-refractivity contribution in [2.75, 3.05) is 45.2 Å². The minimum Gasteiger partial charge on any atom is -0.368 e. The summed E-state index contributed by atoms with van der Waals surface area (Å²) in [5.74, 6) is 0.149. The lowest BCUT2D eigenvalue weighted by Crippen LogP contribution is -2.48. The van der Waals surface area contributed by atoms with Gasteiger partial charge in [0, 0.05) is 49.0 Å². The highest BCUT2D eigenvalue weighted by Gasteiger charge is 2.27. The van der Waals surface area contributed by atoms with E-state index in [1.807, 2.05) is 23.1 Å². The summed E-state index contributed by atoms with van der Waals surface area (Å²) in [5, 5.41) is 1.23. The van der Waals surface area contributed by atoms with Crippen molar-refractivity contribution < 1.29 is 4.79 Å². The number of nitrogens with one attached hydrogen (secondary N) is 1. The van der Waals surface area contributed by atoms with Gasteiger partial charge < -0.3 is 19.7 Å². The molecule has 5 rings (SSSR count). The van der Waals surface area contributed by atoms with Gasteiger partial charge in [0.15, 0.2) is 0 Å². The van der Waals surface area contributed by atoms with Crippen molar-refractivity contribution in [3.8, 4) is 0 Å². The molecule has 30 heavy (non-hydrogen) atoms. The van der Waals surface area contributed by atoms with Crippen LogP contribution in [0, 0.1) is 0 Å². The molecule has 2 heterocycles. The molecule has 2 aromatic carbocycles. The van der Waals surface area contributed by atoms with E-state index in [1.165, 1.54) is 22.3 Å². The molecule has 1 aliphatic heterocycles. The highest BCUT2D eigenvalue weighted by molar-refractivity contribution is 6.07. The minimum atomic E-state index is 0.149. The number of carbonyl (C=O) groups is 1. The average Bonchev–Trinajstić information content (AvgIpc) is 3.17. The van der Waals surface area contributed by atoms with Gasteiger partial charge in [-0.25, -0.2) is 0 Å². The van der Waals surface area contributed by atoms with Gasteiger partial charge in [-0.05, 0) is 57.1 Å². The van der Waals surface area contributed by atoms with Crippen molar-refractivity contribution in [1.82, 2.24) is 14.8 Å². The molecule has 156 valence electrons. The summed E-state index contributed by atoms with van der Waals surface area (Å²) in [7, 11) is 4.32. The number of rotatable bonds is 3. The van der Waals surface area contributed by atoms with Gasteiger partial charge in [-0.2, -0.15) is 0 Å². The molecule has 1 unspecified atom stereocenters. The smallest absolute Gasteiger partial charge is 0.256 e. The van der Waals surface area contributed by atoms with E-state index in [1.54, 1.807) is 0 Å². The van der Waals surface area contributed by atoms with Gasteiger partial charge in [0.25, 0.3) is 5.91 Å². The van der Waals surface area contributed by atoms with Crippen molar-refractivity contribution in [2.45, 2.75) is 25.3 Å². The third-order valence-corrected chi connectivity index (χ3v) is 6.85. The van der Waals surface area contributed by atoms with Gasteiger partial charge in [0.1, 0.15) is 0 Å². The van der Waals surface area contributed by atoms with Crippen LogP contribution < -0.4 is 4.90 Å². The van der Waals surface area contributed by atoms with Gasteiger partial charge in [-0.1, -0.05) is 30.3 Å². The van der Waals surface area contributed by atoms with Crippen molar-refractivity contribution in [3.63, 3.8) is 0 Å². The highest BCUT2D eigenvalue weighted by atomic mass is 16.2. The zero-order valence-corrected chi connectivity index (χ0v) is 17.9. The molecule has 3 aromatic rings. The molecule has 1 aromatic heterocycles. The normalized spacial score (nSPS) is 19.4. The number of piperazine rings is 1. The molecule has 0 saturated carbocycles. The lowest BCUT2D eigenvalue weighted by molar-refractivity contribution is 0.0748.